The molecule has 0 radical (unpaired) electrons. The molecule has 1 fully saturated rings. The number of hydrogen-bond donors (Lipinski definition) is 0. The van der Waals surface area contributed by atoms with Crippen molar-refractivity contribution in [3.8, 4) is 0 Å². The zero-order chi connectivity index (χ0) is 13.1. The lowest BCUT2D eigenvalue weighted by molar-refractivity contribution is 0.112. The van der Waals surface area contributed by atoms with Crippen LogP contribution in [0.5, 0.6) is 0 Å². The third kappa shape index (κ3) is 7.31. The average molecular weight is 272 g/mol. The van der Waals surface area contributed by atoms with E-state index in [1.807, 2.05) is 13.8 Å². The molecule has 1 saturated carbocycles. The molecule has 1 aliphatic rings. The molecule has 4 heteroatoms. The summed E-state index contributed by atoms with van der Waals surface area (Å²) in [6.07, 6.45) is 12.7. The van der Waals surface area contributed by atoms with E-state index in [0.717, 1.165) is 5.92 Å². The van der Waals surface area contributed by atoms with Crippen molar-refractivity contribution < 1.29 is 13.3 Å². The Kier molecular flexibility index (Phi) is 9.48. The molecular formula is C14H28O3Si. The Morgan fingerprint density at radius 1 is 0.944 bits per heavy atom. The first-order valence-electron chi connectivity index (χ1n) is 7.38. The van der Waals surface area contributed by atoms with Gasteiger partial charge in [0.1, 0.15) is 0 Å². The van der Waals surface area contributed by atoms with Gasteiger partial charge in [0.05, 0.1) is 6.61 Å². The Bertz CT molecular complexity index is 207. The highest BCUT2D eigenvalue weighted by molar-refractivity contribution is 6.36. The van der Waals surface area contributed by atoms with Gasteiger partial charge in [-0.25, -0.2) is 0 Å². The monoisotopic (exact) mass is 272 g/mol. The second-order valence-electron chi connectivity index (χ2n) is 4.71. The zero-order valence-corrected chi connectivity index (χ0v) is 13.1. The molecule has 106 valence electrons. The van der Waals surface area contributed by atoms with Gasteiger partial charge in [-0.1, -0.05) is 37.8 Å². The van der Waals surface area contributed by atoms with Crippen LogP contribution in [0.25, 0.3) is 0 Å². The molecule has 1 aliphatic carbocycles. The minimum absolute atomic E-state index is 0.632. The van der Waals surface area contributed by atoms with E-state index in [1.54, 1.807) is 0 Å². The minimum Gasteiger partial charge on any atom is -0.376 e. The van der Waals surface area contributed by atoms with Gasteiger partial charge in [0.25, 0.3) is 0 Å². The van der Waals surface area contributed by atoms with Crippen LogP contribution in [0.3, 0.4) is 0 Å². The van der Waals surface area contributed by atoms with Gasteiger partial charge in [0, 0.05) is 13.2 Å². The highest BCUT2D eigenvalue weighted by Crippen LogP contribution is 2.23. The first-order valence-corrected chi connectivity index (χ1v) is 8.79. The molecule has 0 aromatic carbocycles. The van der Waals surface area contributed by atoms with Crippen molar-refractivity contribution in [2.75, 3.05) is 19.8 Å². The molecule has 0 saturated heterocycles. The van der Waals surface area contributed by atoms with Crippen LogP contribution in [0.15, 0.2) is 12.2 Å². The Labute approximate surface area is 113 Å². The van der Waals surface area contributed by atoms with Crippen LogP contribution in [0, 0.1) is 5.92 Å². The first kappa shape index (κ1) is 15.9. The van der Waals surface area contributed by atoms with Crippen LogP contribution in [0.4, 0.5) is 0 Å². The summed E-state index contributed by atoms with van der Waals surface area (Å²) in [4.78, 5) is 0. The Balaban J connectivity index is 2.17. The highest BCUT2D eigenvalue weighted by atomic mass is 28.3. The molecular weight excluding hydrogens is 244 g/mol. The molecule has 1 rings (SSSR count). The highest BCUT2D eigenvalue weighted by Gasteiger charge is 2.13. The molecule has 0 aromatic rings. The number of rotatable bonds is 8. The average Bonchev–Trinajstić information content (AvgIpc) is 2.63. The van der Waals surface area contributed by atoms with E-state index in [1.165, 1.54) is 38.5 Å². The summed E-state index contributed by atoms with van der Waals surface area (Å²) in [6, 6.07) is 0. The van der Waals surface area contributed by atoms with E-state index in [2.05, 4.69) is 12.2 Å². The molecule has 0 spiro atoms. The molecule has 0 aromatic heterocycles. The lowest BCUT2D eigenvalue weighted by Gasteiger charge is -2.14. The maximum Gasteiger partial charge on any atom is 0.484 e. The molecule has 0 atom stereocenters. The Morgan fingerprint density at radius 3 is 2.11 bits per heavy atom. The zero-order valence-electron chi connectivity index (χ0n) is 11.9. The van der Waals surface area contributed by atoms with Crippen LogP contribution in [-0.2, 0) is 13.3 Å². The van der Waals surface area contributed by atoms with Gasteiger partial charge in [-0.15, -0.1) is 0 Å². The van der Waals surface area contributed by atoms with E-state index in [9.17, 15) is 0 Å². The maximum atomic E-state index is 5.65. The second kappa shape index (κ2) is 10.7. The third-order valence-corrected chi connectivity index (χ3v) is 4.92. The first-order chi connectivity index (χ1) is 8.86. The van der Waals surface area contributed by atoms with Gasteiger partial charge < -0.3 is 13.3 Å². The molecule has 0 bridgehead atoms. The summed E-state index contributed by atoms with van der Waals surface area (Å²) in [6.45, 7) is 5.92. The summed E-state index contributed by atoms with van der Waals surface area (Å²) in [5.41, 5.74) is 0. The van der Waals surface area contributed by atoms with Gasteiger partial charge in [0.15, 0.2) is 0 Å². The molecule has 18 heavy (non-hydrogen) atoms. The fourth-order valence-corrected chi connectivity index (χ4v) is 3.40. The number of hydrogen-bond acceptors (Lipinski definition) is 3. The SMILES string of the molecule is CCO[SiH](OCC)OCC=CC1CCCCCC1. The van der Waals surface area contributed by atoms with Crippen LogP contribution in [0.1, 0.15) is 52.4 Å². The van der Waals surface area contributed by atoms with Gasteiger partial charge in [0.2, 0.25) is 0 Å². The van der Waals surface area contributed by atoms with Crippen molar-refractivity contribution in [3.05, 3.63) is 12.2 Å². The van der Waals surface area contributed by atoms with E-state index in [0.29, 0.717) is 19.8 Å². The van der Waals surface area contributed by atoms with Crippen LogP contribution < -0.4 is 0 Å². The minimum atomic E-state index is -1.87. The fraction of sp³-hybridized carbons (Fsp3) is 0.857. The van der Waals surface area contributed by atoms with Crippen molar-refractivity contribution in [1.82, 2.24) is 0 Å². The third-order valence-electron chi connectivity index (χ3n) is 3.24. The Hall–Kier alpha value is -0.163. The molecule has 0 unspecified atom stereocenters. The summed E-state index contributed by atoms with van der Waals surface area (Å²) < 4.78 is 16.6. The van der Waals surface area contributed by atoms with E-state index in [4.69, 9.17) is 13.3 Å². The second-order valence-corrected chi connectivity index (χ2v) is 6.29. The molecule has 0 amide bonds. The van der Waals surface area contributed by atoms with Crippen LogP contribution in [-0.4, -0.2) is 29.3 Å². The van der Waals surface area contributed by atoms with Crippen LogP contribution >= 0.6 is 0 Å². The molecule has 0 N–H and O–H groups in total. The quantitative estimate of drug-likeness (QED) is 0.385. The predicted octanol–water partition coefficient (Wildman–Crippen LogP) is 3.32. The van der Waals surface area contributed by atoms with Crippen molar-refractivity contribution in [2.45, 2.75) is 52.4 Å². The fourth-order valence-electron chi connectivity index (χ4n) is 2.30. The van der Waals surface area contributed by atoms with Crippen molar-refractivity contribution in [1.29, 1.82) is 0 Å². The topological polar surface area (TPSA) is 27.7 Å². The van der Waals surface area contributed by atoms with E-state index >= 15 is 0 Å². The van der Waals surface area contributed by atoms with Crippen LogP contribution in [0.2, 0.25) is 0 Å². The van der Waals surface area contributed by atoms with E-state index < -0.39 is 9.53 Å². The van der Waals surface area contributed by atoms with Crippen molar-refractivity contribution >= 4 is 9.53 Å². The van der Waals surface area contributed by atoms with Gasteiger partial charge in [-0.2, -0.15) is 0 Å². The smallest absolute Gasteiger partial charge is 0.376 e. The molecule has 0 aliphatic heterocycles. The van der Waals surface area contributed by atoms with E-state index in [-0.39, 0.29) is 0 Å². The summed E-state index contributed by atoms with van der Waals surface area (Å²) in [7, 11) is -1.87. The molecule has 0 heterocycles. The standard InChI is InChI=1S/C14H28O3Si/c1-3-15-18(16-4-2)17-13-9-12-14-10-7-5-6-8-11-14/h9,12,14,18H,3-8,10-11,13H2,1-2H3. The lowest BCUT2D eigenvalue weighted by Crippen LogP contribution is -2.27. The van der Waals surface area contributed by atoms with Gasteiger partial charge in [-0.05, 0) is 32.6 Å². The largest absolute Gasteiger partial charge is 0.484 e. The summed E-state index contributed by atoms with van der Waals surface area (Å²) in [5.74, 6) is 0.760. The predicted molar refractivity (Wildman–Crippen MR) is 76.7 cm³/mol. The maximum absolute atomic E-state index is 5.65. The van der Waals surface area contributed by atoms with Crippen molar-refractivity contribution in [3.63, 3.8) is 0 Å². The number of allylic oxidation sites excluding steroid dienone is 1. The Morgan fingerprint density at radius 2 is 1.56 bits per heavy atom. The lowest BCUT2D eigenvalue weighted by atomic mass is 10.0. The summed E-state index contributed by atoms with van der Waals surface area (Å²) >= 11 is 0. The summed E-state index contributed by atoms with van der Waals surface area (Å²) in [5, 5.41) is 0. The van der Waals surface area contributed by atoms with Gasteiger partial charge >= 0.3 is 9.53 Å². The normalized spacial score (nSPS) is 18.6. The molecule has 3 nitrogen and oxygen atoms in total. The van der Waals surface area contributed by atoms with Gasteiger partial charge in [-0.3, -0.25) is 0 Å². The van der Waals surface area contributed by atoms with Crippen molar-refractivity contribution in [2.24, 2.45) is 5.92 Å².